The Labute approximate surface area is 108 Å². The van der Waals surface area contributed by atoms with Crippen LogP contribution >= 0.6 is 0 Å². The molecule has 1 aliphatic heterocycles. The van der Waals surface area contributed by atoms with Gasteiger partial charge in [0.15, 0.2) is 0 Å². The topological polar surface area (TPSA) is 29.5 Å². The predicted molar refractivity (Wildman–Crippen MR) is 72.7 cm³/mol. The van der Waals surface area contributed by atoms with E-state index in [2.05, 4.69) is 36.6 Å². The minimum absolute atomic E-state index is 0.297. The van der Waals surface area contributed by atoms with E-state index in [1.54, 1.807) is 6.92 Å². The van der Waals surface area contributed by atoms with Crippen molar-refractivity contribution in [3.63, 3.8) is 0 Å². The van der Waals surface area contributed by atoms with Crippen LogP contribution in [0.1, 0.15) is 19.4 Å². The van der Waals surface area contributed by atoms with Gasteiger partial charge >= 0.3 is 5.97 Å². The molecule has 3 nitrogen and oxygen atoms in total. The predicted octanol–water partition coefficient (Wildman–Crippen LogP) is 2.56. The number of nitrogens with zero attached hydrogens (tertiary/aromatic N) is 1. The highest BCUT2D eigenvalue weighted by molar-refractivity contribution is 5.89. The Morgan fingerprint density at radius 3 is 2.94 bits per heavy atom. The van der Waals surface area contributed by atoms with Gasteiger partial charge in [-0.1, -0.05) is 24.8 Å². The van der Waals surface area contributed by atoms with Crippen molar-refractivity contribution in [2.24, 2.45) is 0 Å². The lowest BCUT2D eigenvalue weighted by atomic mass is 10.1. The van der Waals surface area contributed by atoms with E-state index in [-0.39, 0.29) is 5.97 Å². The Kier molecular flexibility index (Phi) is 3.70. The lowest BCUT2D eigenvalue weighted by Crippen LogP contribution is -2.33. The number of para-hydroxylation sites is 1. The van der Waals surface area contributed by atoms with Gasteiger partial charge < -0.3 is 9.64 Å². The van der Waals surface area contributed by atoms with Crippen molar-refractivity contribution in [2.75, 3.05) is 18.1 Å². The van der Waals surface area contributed by atoms with Crippen LogP contribution in [0.5, 0.6) is 0 Å². The van der Waals surface area contributed by atoms with Crippen LogP contribution in [0.4, 0.5) is 5.69 Å². The third-order valence-corrected chi connectivity index (χ3v) is 3.27. The molecule has 2 rings (SSSR count). The molecule has 1 unspecified atom stereocenters. The molecule has 1 atom stereocenters. The van der Waals surface area contributed by atoms with E-state index < -0.39 is 0 Å². The second-order valence-corrected chi connectivity index (χ2v) is 4.63. The summed E-state index contributed by atoms with van der Waals surface area (Å²) in [6, 6.07) is 8.70. The molecule has 0 bridgehead atoms. The summed E-state index contributed by atoms with van der Waals surface area (Å²) < 4.78 is 4.97. The van der Waals surface area contributed by atoms with Crippen LogP contribution in [0.15, 0.2) is 36.4 Å². The zero-order valence-electron chi connectivity index (χ0n) is 11.0. The summed E-state index contributed by atoms with van der Waals surface area (Å²) in [5.41, 5.74) is 3.05. The number of hydrogen-bond donors (Lipinski definition) is 0. The average molecular weight is 245 g/mol. The Hall–Kier alpha value is -1.77. The molecule has 3 heteroatoms. The van der Waals surface area contributed by atoms with Gasteiger partial charge in [0.2, 0.25) is 0 Å². The maximum absolute atomic E-state index is 11.6. The minimum atomic E-state index is -0.297. The highest BCUT2D eigenvalue weighted by Crippen LogP contribution is 2.32. The zero-order chi connectivity index (χ0) is 13.1. The van der Waals surface area contributed by atoms with Crippen LogP contribution in [-0.4, -0.2) is 25.2 Å². The Bertz CT molecular complexity index is 467. The van der Waals surface area contributed by atoms with Crippen molar-refractivity contribution in [3.05, 3.63) is 42.0 Å². The van der Waals surface area contributed by atoms with Crippen molar-refractivity contribution in [3.8, 4) is 0 Å². The fourth-order valence-electron chi connectivity index (χ4n) is 2.37. The average Bonchev–Trinajstić information content (AvgIpc) is 2.66. The van der Waals surface area contributed by atoms with Crippen LogP contribution < -0.4 is 4.90 Å². The summed E-state index contributed by atoms with van der Waals surface area (Å²) in [5, 5.41) is 0. The molecule has 0 saturated carbocycles. The molecule has 0 saturated heterocycles. The van der Waals surface area contributed by atoms with Gasteiger partial charge in [0, 0.05) is 23.8 Å². The number of carbonyl (C=O) groups excluding carboxylic acids is 1. The number of anilines is 1. The maximum atomic E-state index is 11.6. The second kappa shape index (κ2) is 5.25. The molecule has 0 aliphatic carbocycles. The summed E-state index contributed by atoms with van der Waals surface area (Å²) in [7, 11) is 0. The Morgan fingerprint density at radius 2 is 2.22 bits per heavy atom. The number of fused-ring (bicyclic) bond motifs is 1. The normalized spacial score (nSPS) is 17.4. The van der Waals surface area contributed by atoms with Gasteiger partial charge in [-0.2, -0.15) is 0 Å². The van der Waals surface area contributed by atoms with Gasteiger partial charge in [-0.05, 0) is 31.9 Å². The first-order valence-corrected chi connectivity index (χ1v) is 6.33. The number of carbonyl (C=O) groups is 1. The Balaban J connectivity index is 2.10. The fourth-order valence-corrected chi connectivity index (χ4v) is 2.37. The molecular weight excluding hydrogens is 226 g/mol. The molecule has 0 amide bonds. The summed E-state index contributed by atoms with van der Waals surface area (Å²) in [4.78, 5) is 13.8. The van der Waals surface area contributed by atoms with E-state index in [4.69, 9.17) is 4.74 Å². The molecule has 0 N–H and O–H groups in total. The lowest BCUT2D eigenvalue weighted by molar-refractivity contribution is -0.138. The third kappa shape index (κ3) is 2.40. The van der Waals surface area contributed by atoms with E-state index in [1.165, 1.54) is 11.3 Å². The van der Waals surface area contributed by atoms with Crippen molar-refractivity contribution in [1.82, 2.24) is 0 Å². The van der Waals surface area contributed by atoms with Crippen LogP contribution in [0.3, 0.4) is 0 Å². The standard InChI is InChI=1S/C15H19NO2/c1-4-18-15(17)11(2)10-16-12(3)9-13-7-5-6-8-14(13)16/h5-8,12H,2,4,9-10H2,1,3H3. The van der Waals surface area contributed by atoms with Gasteiger partial charge in [-0.3, -0.25) is 0 Å². The van der Waals surface area contributed by atoms with Gasteiger partial charge in [0.1, 0.15) is 0 Å². The molecular formula is C15H19NO2. The van der Waals surface area contributed by atoms with Crippen molar-refractivity contribution in [1.29, 1.82) is 0 Å². The summed E-state index contributed by atoms with van der Waals surface area (Å²) in [6.07, 6.45) is 1.02. The molecule has 0 aromatic heterocycles. The number of hydrogen-bond acceptors (Lipinski definition) is 3. The number of ether oxygens (including phenoxy) is 1. The summed E-state index contributed by atoms with van der Waals surface area (Å²) >= 11 is 0. The van der Waals surface area contributed by atoms with Crippen molar-refractivity contribution in [2.45, 2.75) is 26.3 Å². The van der Waals surface area contributed by atoms with Gasteiger partial charge in [0.25, 0.3) is 0 Å². The first-order chi connectivity index (χ1) is 8.63. The zero-order valence-corrected chi connectivity index (χ0v) is 11.0. The van der Waals surface area contributed by atoms with Gasteiger partial charge in [0.05, 0.1) is 6.61 Å². The van der Waals surface area contributed by atoms with Crippen molar-refractivity contribution >= 4 is 11.7 Å². The molecule has 96 valence electrons. The van der Waals surface area contributed by atoms with E-state index in [1.807, 2.05) is 6.07 Å². The van der Waals surface area contributed by atoms with E-state index in [0.717, 1.165) is 6.42 Å². The van der Waals surface area contributed by atoms with E-state index in [0.29, 0.717) is 24.8 Å². The quantitative estimate of drug-likeness (QED) is 0.603. The largest absolute Gasteiger partial charge is 0.463 e. The summed E-state index contributed by atoms with van der Waals surface area (Å²) in [5.74, 6) is -0.297. The highest BCUT2D eigenvalue weighted by Gasteiger charge is 2.26. The summed E-state index contributed by atoms with van der Waals surface area (Å²) in [6.45, 7) is 8.73. The van der Waals surface area contributed by atoms with Crippen LogP contribution in [-0.2, 0) is 16.0 Å². The smallest absolute Gasteiger partial charge is 0.335 e. The van der Waals surface area contributed by atoms with Gasteiger partial charge in [-0.25, -0.2) is 4.79 Å². The molecule has 0 fully saturated rings. The maximum Gasteiger partial charge on any atom is 0.335 e. The lowest BCUT2D eigenvalue weighted by Gasteiger charge is -2.25. The third-order valence-electron chi connectivity index (χ3n) is 3.27. The SMILES string of the molecule is C=C(CN1c2ccccc2CC1C)C(=O)OCC. The molecule has 1 aliphatic rings. The monoisotopic (exact) mass is 245 g/mol. The number of esters is 1. The second-order valence-electron chi connectivity index (χ2n) is 4.63. The highest BCUT2D eigenvalue weighted by atomic mass is 16.5. The molecule has 18 heavy (non-hydrogen) atoms. The van der Waals surface area contributed by atoms with Crippen LogP contribution in [0.2, 0.25) is 0 Å². The van der Waals surface area contributed by atoms with Crippen LogP contribution in [0.25, 0.3) is 0 Å². The molecule has 1 aromatic rings. The van der Waals surface area contributed by atoms with Gasteiger partial charge in [-0.15, -0.1) is 0 Å². The molecule has 1 aromatic carbocycles. The molecule has 0 spiro atoms. The molecule has 1 heterocycles. The van der Waals surface area contributed by atoms with E-state index in [9.17, 15) is 4.79 Å². The van der Waals surface area contributed by atoms with E-state index >= 15 is 0 Å². The Morgan fingerprint density at radius 1 is 1.50 bits per heavy atom. The van der Waals surface area contributed by atoms with Crippen LogP contribution in [0, 0.1) is 0 Å². The number of rotatable bonds is 4. The first-order valence-electron chi connectivity index (χ1n) is 6.33. The molecule has 0 radical (unpaired) electrons. The minimum Gasteiger partial charge on any atom is -0.463 e. The first kappa shape index (κ1) is 12.7. The van der Waals surface area contributed by atoms with Crippen molar-refractivity contribution < 1.29 is 9.53 Å². The number of benzene rings is 1. The fraction of sp³-hybridized carbons (Fsp3) is 0.400.